The fraction of sp³-hybridized carbons (Fsp3) is 0.480. The van der Waals surface area contributed by atoms with Gasteiger partial charge < -0.3 is 4.90 Å². The number of carbonyl (C=O) groups excluding carboxylic acids is 1. The van der Waals surface area contributed by atoms with Crippen LogP contribution in [-0.4, -0.2) is 32.9 Å². The van der Waals surface area contributed by atoms with Gasteiger partial charge in [0.2, 0.25) is 0 Å². The average Bonchev–Trinajstić information content (AvgIpc) is 3.59. The summed E-state index contributed by atoms with van der Waals surface area (Å²) in [5, 5.41) is 10.6. The van der Waals surface area contributed by atoms with E-state index in [4.69, 9.17) is 4.98 Å². The number of hydrogen-bond donors (Lipinski definition) is 0. The average molecular weight is 462 g/mol. The first-order valence-electron chi connectivity index (χ1n) is 11.6. The normalized spacial score (nSPS) is 19.8. The monoisotopic (exact) mass is 461 g/mol. The molecular formula is C25H27N5O2S. The Labute approximate surface area is 196 Å². The summed E-state index contributed by atoms with van der Waals surface area (Å²) in [4.78, 5) is 38.2. The number of Topliss-reactive ketones (excluding diaryl/α,β-unsaturated/α-hetero) is 1. The molecule has 8 heteroatoms. The molecule has 2 fully saturated rings. The molecule has 1 atom stereocenters. The SMILES string of the molecule is Cn1c(C2(C#N)CCCC2)nc2sc(N3CCC[C@@H]3C(=O)CCc3ccccc3)nc2c1=O. The molecule has 0 N–H and O–H groups in total. The zero-order chi connectivity index (χ0) is 23.0. The summed E-state index contributed by atoms with van der Waals surface area (Å²) in [6.45, 7) is 0.747. The topological polar surface area (TPSA) is 91.9 Å². The third-order valence-electron chi connectivity index (χ3n) is 7.10. The van der Waals surface area contributed by atoms with Crippen molar-refractivity contribution in [3.05, 3.63) is 52.1 Å². The van der Waals surface area contributed by atoms with Crippen LogP contribution in [0.2, 0.25) is 0 Å². The van der Waals surface area contributed by atoms with E-state index in [-0.39, 0.29) is 17.4 Å². The number of nitriles is 1. The fourth-order valence-corrected chi connectivity index (χ4v) is 6.27. The Hall–Kier alpha value is -3.05. The Bertz CT molecular complexity index is 1280. The molecule has 0 radical (unpaired) electrons. The number of carbonyl (C=O) groups is 1. The van der Waals surface area contributed by atoms with Crippen molar-refractivity contribution in [2.75, 3.05) is 11.4 Å². The number of aromatic nitrogens is 3. The van der Waals surface area contributed by atoms with Crippen LogP contribution in [0.4, 0.5) is 5.13 Å². The maximum absolute atomic E-state index is 13.1. The lowest BCUT2D eigenvalue weighted by Gasteiger charge is -2.22. The van der Waals surface area contributed by atoms with Gasteiger partial charge in [-0.3, -0.25) is 14.2 Å². The minimum absolute atomic E-state index is 0.210. The van der Waals surface area contributed by atoms with E-state index in [2.05, 4.69) is 16.0 Å². The van der Waals surface area contributed by atoms with Gasteiger partial charge in [-0.25, -0.2) is 9.97 Å². The summed E-state index contributed by atoms with van der Waals surface area (Å²) in [6.07, 6.45) is 6.34. The van der Waals surface area contributed by atoms with E-state index in [9.17, 15) is 14.9 Å². The number of hydrogen-bond acceptors (Lipinski definition) is 7. The summed E-state index contributed by atoms with van der Waals surface area (Å²) >= 11 is 1.36. The van der Waals surface area contributed by atoms with Gasteiger partial charge in [0, 0.05) is 20.0 Å². The van der Waals surface area contributed by atoms with Crippen molar-refractivity contribution in [3.8, 4) is 6.07 Å². The molecule has 170 valence electrons. The highest BCUT2D eigenvalue weighted by atomic mass is 32.1. The number of fused-ring (bicyclic) bond motifs is 1. The van der Waals surface area contributed by atoms with Crippen LogP contribution in [0.3, 0.4) is 0 Å². The highest BCUT2D eigenvalue weighted by Gasteiger charge is 2.40. The molecule has 3 aromatic rings. The minimum Gasteiger partial charge on any atom is -0.338 e. The van der Waals surface area contributed by atoms with Crippen LogP contribution >= 0.6 is 11.3 Å². The van der Waals surface area contributed by atoms with Crippen molar-refractivity contribution < 1.29 is 4.79 Å². The molecule has 3 heterocycles. The molecular weight excluding hydrogens is 434 g/mol. The molecule has 1 saturated carbocycles. The largest absolute Gasteiger partial charge is 0.338 e. The first-order chi connectivity index (χ1) is 16.0. The summed E-state index contributed by atoms with van der Waals surface area (Å²) in [5.74, 6) is 0.763. The summed E-state index contributed by atoms with van der Waals surface area (Å²) in [6, 6.07) is 12.3. The van der Waals surface area contributed by atoms with E-state index in [1.165, 1.54) is 15.9 Å². The van der Waals surface area contributed by atoms with Gasteiger partial charge in [0.1, 0.15) is 11.2 Å². The van der Waals surface area contributed by atoms with Gasteiger partial charge in [-0.1, -0.05) is 54.5 Å². The smallest absolute Gasteiger partial charge is 0.280 e. The summed E-state index contributed by atoms with van der Waals surface area (Å²) in [7, 11) is 1.69. The lowest BCUT2D eigenvalue weighted by Crippen LogP contribution is -2.36. The second-order valence-corrected chi connectivity index (χ2v) is 10.1. The van der Waals surface area contributed by atoms with Gasteiger partial charge in [-0.05, 0) is 37.7 Å². The maximum Gasteiger partial charge on any atom is 0.280 e. The number of aryl methyl sites for hydroxylation is 1. The quantitative estimate of drug-likeness (QED) is 0.553. The minimum atomic E-state index is -0.699. The van der Waals surface area contributed by atoms with Gasteiger partial charge in [0.15, 0.2) is 21.3 Å². The van der Waals surface area contributed by atoms with Crippen molar-refractivity contribution in [1.29, 1.82) is 5.26 Å². The van der Waals surface area contributed by atoms with E-state index in [1.807, 2.05) is 30.3 Å². The Morgan fingerprint density at radius 1 is 1.21 bits per heavy atom. The zero-order valence-corrected chi connectivity index (χ0v) is 19.6. The van der Waals surface area contributed by atoms with E-state index in [1.54, 1.807) is 7.05 Å². The lowest BCUT2D eigenvalue weighted by molar-refractivity contribution is -0.120. The predicted molar refractivity (Wildman–Crippen MR) is 129 cm³/mol. The Kier molecular flexibility index (Phi) is 5.75. The van der Waals surface area contributed by atoms with Crippen LogP contribution in [0.15, 0.2) is 35.1 Å². The molecule has 2 aliphatic rings. The van der Waals surface area contributed by atoms with Gasteiger partial charge in [0.25, 0.3) is 5.56 Å². The highest BCUT2D eigenvalue weighted by molar-refractivity contribution is 7.21. The fourth-order valence-electron chi connectivity index (χ4n) is 5.27. The van der Waals surface area contributed by atoms with E-state index < -0.39 is 5.41 Å². The molecule has 5 rings (SSSR count). The number of ketones is 1. The molecule has 1 saturated heterocycles. The molecule has 1 aromatic carbocycles. The van der Waals surface area contributed by atoms with Crippen LogP contribution < -0.4 is 10.5 Å². The van der Waals surface area contributed by atoms with Gasteiger partial charge in [0.05, 0.1) is 12.1 Å². The molecule has 7 nitrogen and oxygen atoms in total. The number of benzene rings is 1. The van der Waals surface area contributed by atoms with Crippen LogP contribution in [0.1, 0.15) is 56.3 Å². The molecule has 0 bridgehead atoms. The van der Waals surface area contributed by atoms with Crippen molar-refractivity contribution in [1.82, 2.24) is 14.5 Å². The Morgan fingerprint density at radius 2 is 1.97 bits per heavy atom. The first kappa shape index (κ1) is 21.8. The molecule has 2 aromatic heterocycles. The Morgan fingerprint density at radius 3 is 2.70 bits per heavy atom. The molecule has 1 aliphatic heterocycles. The number of nitrogens with zero attached hydrogens (tertiary/aromatic N) is 5. The second-order valence-electron chi connectivity index (χ2n) is 9.15. The molecule has 0 amide bonds. The number of anilines is 1. The van der Waals surface area contributed by atoms with E-state index in [0.717, 1.165) is 57.1 Å². The van der Waals surface area contributed by atoms with Crippen LogP contribution in [0.25, 0.3) is 10.3 Å². The zero-order valence-electron chi connectivity index (χ0n) is 18.8. The van der Waals surface area contributed by atoms with E-state index >= 15 is 0 Å². The standard InChI is InChI=1S/C25H27N5O2S/c1-29-22(32)20-21(28-23(29)25(16-26)13-5-6-14-25)33-24(27-20)30-15-7-10-18(30)19(31)12-11-17-8-3-2-4-9-17/h2-4,8-9,18H,5-7,10-15H2,1H3/t18-/m1/s1. The second kappa shape index (κ2) is 8.71. The third-order valence-corrected chi connectivity index (χ3v) is 8.09. The summed E-state index contributed by atoms with van der Waals surface area (Å²) in [5.41, 5.74) is 0.574. The molecule has 0 spiro atoms. The van der Waals surface area contributed by atoms with Crippen LogP contribution in [0.5, 0.6) is 0 Å². The lowest BCUT2D eigenvalue weighted by atomic mass is 9.87. The van der Waals surface area contributed by atoms with Crippen LogP contribution in [-0.2, 0) is 23.7 Å². The predicted octanol–water partition coefficient (Wildman–Crippen LogP) is 3.90. The van der Waals surface area contributed by atoms with Crippen molar-refractivity contribution >= 4 is 32.6 Å². The maximum atomic E-state index is 13.1. The van der Waals surface area contributed by atoms with Crippen molar-refractivity contribution in [3.63, 3.8) is 0 Å². The molecule has 1 aliphatic carbocycles. The number of rotatable bonds is 6. The Balaban J connectivity index is 1.43. The van der Waals surface area contributed by atoms with Gasteiger partial charge in [-0.2, -0.15) is 5.26 Å². The van der Waals surface area contributed by atoms with Crippen molar-refractivity contribution in [2.24, 2.45) is 7.05 Å². The van der Waals surface area contributed by atoms with E-state index in [0.29, 0.717) is 27.7 Å². The van der Waals surface area contributed by atoms with Gasteiger partial charge >= 0.3 is 0 Å². The highest BCUT2D eigenvalue weighted by Crippen LogP contribution is 2.40. The summed E-state index contributed by atoms with van der Waals surface area (Å²) < 4.78 is 1.51. The van der Waals surface area contributed by atoms with Crippen LogP contribution in [0, 0.1) is 11.3 Å². The first-order valence-corrected chi connectivity index (χ1v) is 12.5. The van der Waals surface area contributed by atoms with Crippen molar-refractivity contribution in [2.45, 2.75) is 62.8 Å². The number of thiazole rings is 1. The van der Waals surface area contributed by atoms with Gasteiger partial charge in [-0.15, -0.1) is 0 Å². The third kappa shape index (κ3) is 3.84. The molecule has 33 heavy (non-hydrogen) atoms. The molecule has 0 unspecified atom stereocenters.